The van der Waals surface area contributed by atoms with Gasteiger partial charge in [-0.1, -0.05) is 0 Å². The zero-order valence-electron chi connectivity index (χ0n) is 9.98. The first kappa shape index (κ1) is 12.4. The molecule has 0 spiro atoms. The maximum atomic E-state index is 13.8. The number of halogens is 2. The lowest BCUT2D eigenvalue weighted by atomic mass is 10.1. The van der Waals surface area contributed by atoms with E-state index in [1.54, 1.807) is 11.3 Å². The van der Waals surface area contributed by atoms with Crippen LogP contribution < -0.4 is 0 Å². The second-order valence-corrected chi connectivity index (χ2v) is 6.04. The fourth-order valence-electron chi connectivity index (χ4n) is 1.84. The molecule has 5 heteroatoms. The van der Waals surface area contributed by atoms with Crippen molar-refractivity contribution in [2.24, 2.45) is 0 Å². The first-order valence-electron chi connectivity index (χ1n) is 5.60. The zero-order chi connectivity index (χ0) is 13.4. The van der Waals surface area contributed by atoms with Crippen molar-refractivity contribution >= 4 is 22.7 Å². The number of hydrogen-bond acceptors (Lipinski definition) is 3. The Balaban J connectivity index is 2.11. The van der Waals surface area contributed by atoms with E-state index in [-0.39, 0.29) is 0 Å². The molecule has 2 heterocycles. The topological polar surface area (TPSA) is 12.9 Å². The minimum absolute atomic E-state index is 0.344. The Morgan fingerprint density at radius 1 is 1.16 bits per heavy atom. The quantitative estimate of drug-likeness (QED) is 0.638. The molecule has 96 valence electrons. The number of aryl methyl sites for hydroxylation is 1. The Morgan fingerprint density at radius 3 is 2.68 bits per heavy atom. The first-order chi connectivity index (χ1) is 9.15. The van der Waals surface area contributed by atoms with E-state index in [0.717, 1.165) is 21.5 Å². The molecule has 0 aliphatic heterocycles. The molecule has 0 saturated heterocycles. The number of rotatable bonds is 2. The summed E-state index contributed by atoms with van der Waals surface area (Å²) in [4.78, 5) is 5.40. The molecule has 0 amide bonds. The van der Waals surface area contributed by atoms with Crippen molar-refractivity contribution in [2.45, 2.75) is 6.92 Å². The summed E-state index contributed by atoms with van der Waals surface area (Å²) in [5.74, 6) is -1.16. The molecular formula is C14H9F2NS2. The predicted octanol–water partition coefficient (Wildman–Crippen LogP) is 5.13. The predicted molar refractivity (Wildman–Crippen MR) is 75.5 cm³/mol. The highest BCUT2D eigenvalue weighted by atomic mass is 32.1. The summed E-state index contributed by atoms with van der Waals surface area (Å²) in [5, 5.41) is 4.84. The van der Waals surface area contributed by atoms with Crippen LogP contribution in [0.4, 0.5) is 8.78 Å². The average molecular weight is 293 g/mol. The van der Waals surface area contributed by atoms with Gasteiger partial charge in [0.25, 0.3) is 0 Å². The molecular weight excluding hydrogens is 284 g/mol. The minimum Gasteiger partial charge on any atom is -0.236 e. The van der Waals surface area contributed by atoms with E-state index in [4.69, 9.17) is 0 Å². The van der Waals surface area contributed by atoms with Gasteiger partial charge >= 0.3 is 0 Å². The van der Waals surface area contributed by atoms with Gasteiger partial charge in [0.2, 0.25) is 0 Å². The lowest BCUT2D eigenvalue weighted by Crippen LogP contribution is -1.88. The fourth-order valence-corrected chi connectivity index (χ4v) is 3.48. The summed E-state index contributed by atoms with van der Waals surface area (Å²) in [5.41, 5.74) is 1.96. The fraction of sp³-hybridized carbons (Fsp3) is 0.0714. The van der Waals surface area contributed by atoms with E-state index in [9.17, 15) is 8.78 Å². The number of thiazole rings is 1. The van der Waals surface area contributed by atoms with Gasteiger partial charge in [0.05, 0.1) is 5.69 Å². The summed E-state index contributed by atoms with van der Waals surface area (Å²) < 4.78 is 26.7. The van der Waals surface area contributed by atoms with Gasteiger partial charge < -0.3 is 0 Å². The Bertz CT molecular complexity index is 717. The minimum atomic E-state index is -0.578. The number of hydrogen-bond donors (Lipinski definition) is 0. The van der Waals surface area contributed by atoms with Crippen LogP contribution in [-0.4, -0.2) is 4.98 Å². The molecule has 0 unspecified atom stereocenters. The first-order valence-corrected chi connectivity index (χ1v) is 7.36. The summed E-state index contributed by atoms with van der Waals surface area (Å²) in [6.45, 7) is 1.89. The highest BCUT2D eigenvalue weighted by molar-refractivity contribution is 7.16. The standard InChI is InChI=1S/C14H9F2NS2/c1-8-13(11-3-2-10(15)6-12(11)16)17-14(19-8)9-4-5-18-7-9/h2-7H,1H3. The van der Waals surface area contributed by atoms with Crippen LogP contribution in [0.25, 0.3) is 21.8 Å². The lowest BCUT2D eigenvalue weighted by Gasteiger charge is -2.00. The third-order valence-electron chi connectivity index (χ3n) is 2.75. The van der Waals surface area contributed by atoms with E-state index >= 15 is 0 Å². The monoisotopic (exact) mass is 293 g/mol. The molecule has 3 aromatic rings. The number of benzene rings is 1. The van der Waals surface area contributed by atoms with Crippen LogP contribution in [0.2, 0.25) is 0 Å². The molecule has 0 N–H and O–H groups in total. The van der Waals surface area contributed by atoms with Crippen LogP contribution in [0.3, 0.4) is 0 Å². The van der Waals surface area contributed by atoms with Crippen LogP contribution in [0.5, 0.6) is 0 Å². The van der Waals surface area contributed by atoms with E-state index in [0.29, 0.717) is 11.3 Å². The van der Waals surface area contributed by atoms with E-state index in [2.05, 4.69) is 4.98 Å². The Kier molecular flexibility index (Phi) is 3.16. The smallest absolute Gasteiger partial charge is 0.135 e. The summed E-state index contributed by atoms with van der Waals surface area (Å²) in [7, 11) is 0. The Labute approximate surface area is 117 Å². The molecule has 0 saturated carbocycles. The van der Waals surface area contributed by atoms with Gasteiger partial charge in [-0.2, -0.15) is 11.3 Å². The summed E-state index contributed by atoms with van der Waals surface area (Å²) in [6, 6.07) is 5.55. The maximum absolute atomic E-state index is 13.8. The summed E-state index contributed by atoms with van der Waals surface area (Å²) >= 11 is 3.11. The van der Waals surface area contributed by atoms with Gasteiger partial charge in [-0.15, -0.1) is 11.3 Å². The molecule has 2 aromatic heterocycles. The third kappa shape index (κ3) is 2.31. The van der Waals surface area contributed by atoms with Gasteiger partial charge in [0.1, 0.15) is 16.6 Å². The molecule has 0 bridgehead atoms. The summed E-state index contributed by atoms with van der Waals surface area (Å²) in [6.07, 6.45) is 0. The SMILES string of the molecule is Cc1sc(-c2ccsc2)nc1-c1ccc(F)cc1F. The van der Waals surface area contributed by atoms with Crippen LogP contribution in [-0.2, 0) is 0 Å². The highest BCUT2D eigenvalue weighted by Crippen LogP contribution is 2.35. The Hall–Kier alpha value is -1.59. The molecule has 19 heavy (non-hydrogen) atoms. The van der Waals surface area contributed by atoms with Crippen molar-refractivity contribution in [1.29, 1.82) is 0 Å². The molecule has 0 aliphatic carbocycles. The normalized spacial score (nSPS) is 10.9. The molecule has 1 nitrogen and oxygen atoms in total. The van der Waals surface area contributed by atoms with Crippen molar-refractivity contribution in [1.82, 2.24) is 4.98 Å². The number of aromatic nitrogens is 1. The van der Waals surface area contributed by atoms with E-state index in [1.807, 2.05) is 23.8 Å². The Morgan fingerprint density at radius 2 is 2.00 bits per heavy atom. The van der Waals surface area contributed by atoms with Gasteiger partial charge in [0.15, 0.2) is 0 Å². The second kappa shape index (κ2) is 4.83. The van der Waals surface area contributed by atoms with Crippen LogP contribution in [0.15, 0.2) is 35.0 Å². The number of thiophene rings is 1. The van der Waals surface area contributed by atoms with Crippen LogP contribution >= 0.6 is 22.7 Å². The average Bonchev–Trinajstić information content (AvgIpc) is 2.98. The van der Waals surface area contributed by atoms with Crippen molar-refractivity contribution in [3.63, 3.8) is 0 Å². The molecule has 0 atom stereocenters. The van der Waals surface area contributed by atoms with E-state index in [1.165, 1.54) is 23.5 Å². The van der Waals surface area contributed by atoms with Crippen molar-refractivity contribution in [3.8, 4) is 21.8 Å². The molecule has 3 rings (SSSR count). The van der Waals surface area contributed by atoms with Crippen LogP contribution in [0, 0.1) is 18.6 Å². The van der Waals surface area contributed by atoms with Crippen LogP contribution in [0.1, 0.15) is 4.88 Å². The second-order valence-electron chi connectivity index (χ2n) is 4.06. The van der Waals surface area contributed by atoms with Gasteiger partial charge in [-0.3, -0.25) is 0 Å². The lowest BCUT2D eigenvalue weighted by molar-refractivity contribution is 0.585. The van der Waals surface area contributed by atoms with E-state index < -0.39 is 11.6 Å². The van der Waals surface area contributed by atoms with Crippen molar-refractivity contribution in [2.75, 3.05) is 0 Å². The van der Waals surface area contributed by atoms with Gasteiger partial charge in [-0.25, -0.2) is 13.8 Å². The largest absolute Gasteiger partial charge is 0.236 e. The molecule has 1 aromatic carbocycles. The van der Waals surface area contributed by atoms with Crippen molar-refractivity contribution in [3.05, 3.63) is 51.5 Å². The zero-order valence-corrected chi connectivity index (χ0v) is 11.6. The third-order valence-corrected chi connectivity index (χ3v) is 4.45. The van der Waals surface area contributed by atoms with Gasteiger partial charge in [-0.05, 0) is 30.5 Å². The molecule has 0 aliphatic rings. The molecule has 0 radical (unpaired) electrons. The highest BCUT2D eigenvalue weighted by Gasteiger charge is 2.15. The maximum Gasteiger partial charge on any atom is 0.135 e. The molecule has 0 fully saturated rings. The van der Waals surface area contributed by atoms with Crippen molar-refractivity contribution < 1.29 is 8.78 Å². The number of nitrogens with zero attached hydrogens (tertiary/aromatic N) is 1. The van der Waals surface area contributed by atoms with Gasteiger partial charge in [0, 0.05) is 27.5 Å².